The fourth-order valence-corrected chi connectivity index (χ4v) is 4.09. The van der Waals surface area contributed by atoms with Gasteiger partial charge in [-0.25, -0.2) is 14.4 Å². The summed E-state index contributed by atoms with van der Waals surface area (Å²) >= 11 is 0. The molecule has 0 fully saturated rings. The number of hydrogen-bond acceptors (Lipinski definition) is 4. The molecule has 0 radical (unpaired) electrons. The van der Waals surface area contributed by atoms with Gasteiger partial charge in [0.2, 0.25) is 0 Å². The minimum atomic E-state index is -1.08. The quantitative estimate of drug-likeness (QED) is 0.184. The Hall–Kier alpha value is -2.17. The average molecular weight is 417 g/mol. The summed E-state index contributed by atoms with van der Waals surface area (Å²) in [6, 6.07) is 2.80. The zero-order valence-corrected chi connectivity index (χ0v) is 18.3. The monoisotopic (exact) mass is 416 g/mol. The van der Waals surface area contributed by atoms with Gasteiger partial charge in [-0.2, -0.15) is 0 Å². The van der Waals surface area contributed by atoms with Crippen LogP contribution < -0.4 is 0 Å². The largest absolute Gasteiger partial charge is 0.478 e. The van der Waals surface area contributed by atoms with Crippen LogP contribution in [0, 0.1) is 0 Å². The SMILES string of the molecule is CCCCCCCCCCCCCCCCc1cc2c(cc1C(=O)O)C(=O)OC2=O. The Kier molecular flexibility index (Phi) is 10.6. The van der Waals surface area contributed by atoms with Crippen LogP contribution in [-0.4, -0.2) is 23.0 Å². The molecule has 0 atom stereocenters. The van der Waals surface area contributed by atoms with Gasteiger partial charge in [-0.15, -0.1) is 0 Å². The van der Waals surface area contributed by atoms with E-state index < -0.39 is 17.9 Å². The Morgan fingerprint density at radius 2 is 1.17 bits per heavy atom. The molecule has 0 bridgehead atoms. The normalized spacial score (nSPS) is 12.8. The molecule has 0 unspecified atom stereocenters. The van der Waals surface area contributed by atoms with Crippen LogP contribution in [0.25, 0.3) is 0 Å². The van der Waals surface area contributed by atoms with E-state index in [1.165, 1.54) is 82.8 Å². The van der Waals surface area contributed by atoms with Gasteiger partial charge in [-0.05, 0) is 30.5 Å². The number of fused-ring (bicyclic) bond motifs is 1. The standard InChI is InChI=1S/C25H36O5/c1-2-3-4-5-6-7-8-9-10-11-12-13-14-15-16-19-17-21-22(18-20(19)23(26)27)25(29)30-24(21)28/h17-18H,2-16H2,1H3,(H,26,27). The molecule has 30 heavy (non-hydrogen) atoms. The Morgan fingerprint density at radius 1 is 0.733 bits per heavy atom. The molecular weight excluding hydrogens is 380 g/mol. The first-order valence-electron chi connectivity index (χ1n) is 11.7. The second-order valence-corrected chi connectivity index (χ2v) is 8.38. The highest BCUT2D eigenvalue weighted by Crippen LogP contribution is 2.26. The fourth-order valence-electron chi connectivity index (χ4n) is 4.09. The fraction of sp³-hybridized carbons (Fsp3) is 0.640. The van der Waals surface area contributed by atoms with Crippen molar-refractivity contribution in [3.63, 3.8) is 0 Å². The molecule has 0 amide bonds. The van der Waals surface area contributed by atoms with Crippen LogP contribution in [0.3, 0.4) is 0 Å². The van der Waals surface area contributed by atoms with E-state index in [1.807, 2.05) is 0 Å². The van der Waals surface area contributed by atoms with Crippen molar-refractivity contribution in [2.24, 2.45) is 0 Å². The molecule has 5 nitrogen and oxygen atoms in total. The van der Waals surface area contributed by atoms with Crippen molar-refractivity contribution in [1.29, 1.82) is 0 Å². The molecule has 166 valence electrons. The maximum absolute atomic E-state index is 11.7. The van der Waals surface area contributed by atoms with Gasteiger partial charge in [0.15, 0.2) is 0 Å². The molecule has 2 rings (SSSR count). The summed E-state index contributed by atoms with van der Waals surface area (Å²) in [5, 5.41) is 9.43. The van der Waals surface area contributed by atoms with Gasteiger partial charge in [0.25, 0.3) is 0 Å². The van der Waals surface area contributed by atoms with E-state index in [-0.39, 0.29) is 16.7 Å². The predicted molar refractivity (Wildman–Crippen MR) is 117 cm³/mol. The number of unbranched alkanes of at least 4 members (excludes halogenated alkanes) is 13. The van der Waals surface area contributed by atoms with Gasteiger partial charge in [0.05, 0.1) is 16.7 Å². The zero-order valence-electron chi connectivity index (χ0n) is 18.3. The number of carboxylic acid groups (broad SMARTS) is 1. The zero-order chi connectivity index (χ0) is 21.8. The average Bonchev–Trinajstić information content (AvgIpc) is 3.00. The number of aromatic carboxylic acids is 1. The van der Waals surface area contributed by atoms with Gasteiger partial charge >= 0.3 is 17.9 Å². The van der Waals surface area contributed by atoms with Crippen molar-refractivity contribution in [1.82, 2.24) is 0 Å². The lowest BCUT2D eigenvalue weighted by Crippen LogP contribution is -2.06. The van der Waals surface area contributed by atoms with E-state index in [2.05, 4.69) is 11.7 Å². The van der Waals surface area contributed by atoms with E-state index in [0.717, 1.165) is 19.3 Å². The number of esters is 2. The van der Waals surface area contributed by atoms with Crippen LogP contribution in [0.1, 0.15) is 133 Å². The lowest BCUT2D eigenvalue weighted by Gasteiger charge is -2.08. The van der Waals surface area contributed by atoms with E-state index >= 15 is 0 Å². The smallest absolute Gasteiger partial charge is 0.346 e. The lowest BCUT2D eigenvalue weighted by atomic mass is 9.95. The highest BCUT2D eigenvalue weighted by molar-refractivity contribution is 6.15. The molecule has 1 aliphatic heterocycles. The molecule has 1 aromatic rings. The molecule has 1 N–H and O–H groups in total. The number of cyclic esters (lactones) is 2. The van der Waals surface area contributed by atoms with Crippen molar-refractivity contribution in [2.45, 2.75) is 103 Å². The first kappa shape index (κ1) is 24.1. The van der Waals surface area contributed by atoms with E-state index in [1.54, 1.807) is 0 Å². The Morgan fingerprint density at radius 3 is 1.63 bits per heavy atom. The van der Waals surface area contributed by atoms with Crippen LogP contribution in [0.5, 0.6) is 0 Å². The third-order valence-corrected chi connectivity index (χ3v) is 5.90. The maximum Gasteiger partial charge on any atom is 0.346 e. The lowest BCUT2D eigenvalue weighted by molar-refractivity contribution is 0.0443. The number of ether oxygens (including phenoxy) is 1. The molecule has 0 aromatic heterocycles. The number of benzene rings is 1. The molecule has 5 heteroatoms. The number of rotatable bonds is 16. The van der Waals surface area contributed by atoms with Crippen LogP contribution in [0.15, 0.2) is 12.1 Å². The second-order valence-electron chi connectivity index (χ2n) is 8.38. The first-order chi connectivity index (χ1) is 14.5. The maximum atomic E-state index is 11.7. The molecule has 0 aliphatic carbocycles. The van der Waals surface area contributed by atoms with Gasteiger partial charge < -0.3 is 9.84 Å². The van der Waals surface area contributed by atoms with Crippen LogP contribution in [-0.2, 0) is 11.2 Å². The van der Waals surface area contributed by atoms with Crippen molar-refractivity contribution in [3.8, 4) is 0 Å². The van der Waals surface area contributed by atoms with Crippen LogP contribution in [0.2, 0.25) is 0 Å². The van der Waals surface area contributed by atoms with Gasteiger partial charge in [0.1, 0.15) is 0 Å². The van der Waals surface area contributed by atoms with Crippen molar-refractivity contribution in [3.05, 3.63) is 34.4 Å². The summed E-state index contributed by atoms with van der Waals surface area (Å²) in [6.07, 6.45) is 18.3. The summed E-state index contributed by atoms with van der Waals surface area (Å²) in [5.41, 5.74) is 0.939. The minimum absolute atomic E-state index is 0.0575. The van der Waals surface area contributed by atoms with Crippen molar-refractivity contribution >= 4 is 17.9 Å². The third kappa shape index (κ3) is 7.58. The molecule has 0 saturated heterocycles. The summed E-state index contributed by atoms with van der Waals surface area (Å²) in [7, 11) is 0. The topological polar surface area (TPSA) is 80.7 Å². The van der Waals surface area contributed by atoms with E-state index in [4.69, 9.17) is 0 Å². The molecular formula is C25H36O5. The summed E-state index contributed by atoms with van der Waals surface area (Å²) in [5.74, 6) is -2.53. The minimum Gasteiger partial charge on any atom is -0.478 e. The molecule has 0 spiro atoms. The number of carbonyl (C=O) groups excluding carboxylic acids is 2. The number of carboxylic acids is 1. The summed E-state index contributed by atoms with van der Waals surface area (Å²) in [4.78, 5) is 34.9. The number of hydrogen-bond donors (Lipinski definition) is 1. The number of carbonyl (C=O) groups is 3. The van der Waals surface area contributed by atoms with Crippen molar-refractivity contribution < 1.29 is 24.2 Å². The molecule has 0 saturated carbocycles. The third-order valence-electron chi connectivity index (χ3n) is 5.90. The molecule has 1 aliphatic rings. The molecule has 1 aromatic carbocycles. The van der Waals surface area contributed by atoms with Gasteiger partial charge in [0, 0.05) is 0 Å². The second kappa shape index (κ2) is 13.2. The Bertz CT molecular complexity index is 722. The van der Waals surface area contributed by atoms with E-state index in [9.17, 15) is 19.5 Å². The van der Waals surface area contributed by atoms with E-state index in [0.29, 0.717) is 12.0 Å². The number of aryl methyl sites for hydroxylation is 1. The Labute approximate surface area is 180 Å². The summed E-state index contributed by atoms with van der Waals surface area (Å²) < 4.78 is 4.58. The highest BCUT2D eigenvalue weighted by atomic mass is 16.6. The Balaban J connectivity index is 1.59. The van der Waals surface area contributed by atoms with Crippen LogP contribution in [0.4, 0.5) is 0 Å². The summed E-state index contributed by atoms with van der Waals surface area (Å²) in [6.45, 7) is 2.25. The van der Waals surface area contributed by atoms with Crippen molar-refractivity contribution in [2.75, 3.05) is 0 Å². The highest BCUT2D eigenvalue weighted by Gasteiger charge is 2.31. The van der Waals surface area contributed by atoms with Crippen LogP contribution >= 0.6 is 0 Å². The predicted octanol–water partition coefficient (Wildman–Crippen LogP) is 6.72. The molecule has 1 heterocycles. The van der Waals surface area contributed by atoms with Gasteiger partial charge in [-0.1, -0.05) is 90.4 Å². The first-order valence-corrected chi connectivity index (χ1v) is 11.7. The van der Waals surface area contributed by atoms with Gasteiger partial charge in [-0.3, -0.25) is 0 Å².